The van der Waals surface area contributed by atoms with E-state index in [4.69, 9.17) is 45.3 Å². The van der Waals surface area contributed by atoms with Gasteiger partial charge in [0.25, 0.3) is 17.1 Å². The number of nitrogens with one attached hydrogen (secondary N) is 3. The monoisotopic (exact) mass is 816 g/mol. The van der Waals surface area contributed by atoms with E-state index in [0.29, 0.717) is 33.9 Å². The molecule has 0 fully saturated rings. The molecule has 296 valence electrons. The zero-order chi connectivity index (χ0) is 40.8. The van der Waals surface area contributed by atoms with Crippen LogP contribution in [-0.2, 0) is 23.9 Å². The Morgan fingerprint density at radius 1 is 0.655 bits per heavy atom. The van der Waals surface area contributed by atoms with Crippen molar-refractivity contribution in [3.05, 3.63) is 132 Å². The first-order valence-corrected chi connectivity index (χ1v) is 17.8. The summed E-state index contributed by atoms with van der Waals surface area (Å²) >= 11 is 14.5. The van der Waals surface area contributed by atoms with Gasteiger partial charge < -0.3 is 36.6 Å². The molecule has 4 rings (SSSR count). The minimum Gasteiger partial charge on any atom is -0.456 e. The summed E-state index contributed by atoms with van der Waals surface area (Å²) in [5.74, 6) is -1.29. The van der Waals surface area contributed by atoms with Gasteiger partial charge in [-0.3, -0.25) is 24.0 Å². The number of benzene rings is 4. The molecule has 7 N–H and O–H groups in total. The number of hydrogen-bond donors (Lipinski definition) is 4. The number of nitrogen functional groups attached to an aromatic ring is 1. The van der Waals surface area contributed by atoms with Crippen molar-refractivity contribution in [2.75, 3.05) is 27.0 Å². The topological polar surface area (TPSA) is 197 Å². The summed E-state index contributed by atoms with van der Waals surface area (Å²) in [6.45, 7) is 13.3. The smallest absolute Gasteiger partial charge is 0.303 e. The van der Waals surface area contributed by atoms with E-state index in [0.717, 1.165) is 16.8 Å². The van der Waals surface area contributed by atoms with Crippen LogP contribution in [0.1, 0.15) is 59.5 Å². The van der Waals surface area contributed by atoms with Gasteiger partial charge in [-0.1, -0.05) is 67.2 Å². The molecule has 15 heteroatoms. The molecule has 0 heterocycles. The average Bonchev–Trinajstić information content (AvgIpc) is 3.09. The number of ether oxygens (including phenoxy) is 2. The third-order valence-electron chi connectivity index (χ3n) is 6.89. The molecule has 0 unspecified atom stereocenters. The van der Waals surface area contributed by atoms with Gasteiger partial charge in [-0.15, -0.1) is 23.2 Å². The summed E-state index contributed by atoms with van der Waals surface area (Å²) in [6.07, 6.45) is -1.34. The van der Waals surface area contributed by atoms with Gasteiger partial charge in [-0.2, -0.15) is 0 Å². The second kappa shape index (κ2) is 26.4. The number of carbonyl (C=O) groups is 5. The number of hydrogen-bond acceptors (Lipinski definition) is 9. The molecule has 0 aromatic heterocycles. The highest BCUT2D eigenvalue weighted by molar-refractivity contribution is 6.64. The van der Waals surface area contributed by atoms with Crippen LogP contribution in [0, 0.1) is 13.8 Å². The molecule has 0 aliphatic carbocycles. The molecule has 4 aromatic rings. The van der Waals surface area contributed by atoms with E-state index in [1.807, 2.05) is 98.8 Å². The Labute approximate surface area is 336 Å². The van der Waals surface area contributed by atoms with Crippen molar-refractivity contribution in [1.29, 1.82) is 0 Å². The van der Waals surface area contributed by atoms with Crippen LogP contribution in [-0.4, -0.2) is 52.0 Å². The van der Waals surface area contributed by atoms with Crippen LogP contribution in [0.25, 0.3) is 0 Å². The molecule has 2 atom stereocenters. The SMILES string of the molecule is C=C(Nc1cccc(C)c1C(=O)Nc1ccccc1)[C@H](C)OC(C)=O.CC(=O)O[C@@H](C)C(=O)Cl.Cc1cccc(N)c1C(=O)Nc1ccccc1.ClCCl.O. The van der Waals surface area contributed by atoms with E-state index < -0.39 is 23.4 Å². The number of esters is 2. The third kappa shape index (κ3) is 19.0. The van der Waals surface area contributed by atoms with Gasteiger partial charge in [-0.25, -0.2) is 0 Å². The average molecular weight is 818 g/mol. The quantitative estimate of drug-likeness (QED) is 0.0527. The van der Waals surface area contributed by atoms with E-state index in [2.05, 4.69) is 27.3 Å². The number of carbonyl (C=O) groups excluding carboxylic acids is 5. The lowest BCUT2D eigenvalue weighted by atomic mass is 10.0. The van der Waals surface area contributed by atoms with Crippen LogP contribution in [0.3, 0.4) is 0 Å². The predicted octanol–water partition coefficient (Wildman–Crippen LogP) is 8.25. The maximum Gasteiger partial charge on any atom is 0.303 e. The highest BCUT2D eigenvalue weighted by atomic mass is 35.5. The summed E-state index contributed by atoms with van der Waals surface area (Å²) in [6, 6.07) is 29.5. The van der Waals surface area contributed by atoms with Crippen LogP contribution in [0.2, 0.25) is 0 Å². The van der Waals surface area contributed by atoms with Gasteiger partial charge in [0.1, 0.15) is 6.10 Å². The molecule has 0 bridgehead atoms. The minimum atomic E-state index is -0.829. The Hall–Kier alpha value is -5.40. The highest BCUT2D eigenvalue weighted by Crippen LogP contribution is 2.24. The molecular weight excluding hydrogens is 771 g/mol. The van der Waals surface area contributed by atoms with Gasteiger partial charge in [0.15, 0.2) is 6.10 Å². The first kappa shape index (κ1) is 49.6. The summed E-state index contributed by atoms with van der Waals surface area (Å²) < 4.78 is 9.50. The lowest BCUT2D eigenvalue weighted by molar-refractivity contribution is -0.149. The standard InChI is InChI=1S/C20H22N2O3.C14H14N2O.C5H7ClO3.CH2Cl2.H2O/c1-13-9-8-12-18(21-14(2)15(3)25-16(4)23)19(13)20(24)22-17-10-6-5-7-11-17;1-10-6-5-9-12(15)13(10)14(17)16-11-7-3-2-4-8-11;1-3(5(6)8)9-4(2)7;2-1-3;/h5-12,15,21H,2H2,1,3-4H3,(H,22,24);2-9H,15H2,1H3,(H,16,17);3H,1-2H3;1H2;1H2/t15-;;3-;;/m0.0../s1. The van der Waals surface area contributed by atoms with Gasteiger partial charge in [-0.05, 0) is 86.8 Å². The van der Waals surface area contributed by atoms with Crippen molar-refractivity contribution in [3.8, 4) is 0 Å². The fraction of sp³-hybridized carbons (Fsp3) is 0.225. The van der Waals surface area contributed by atoms with Crippen LogP contribution in [0.4, 0.5) is 22.7 Å². The van der Waals surface area contributed by atoms with E-state index in [9.17, 15) is 24.0 Å². The Kier molecular flexibility index (Phi) is 23.8. The second-order valence-corrected chi connectivity index (χ2v) is 12.4. The van der Waals surface area contributed by atoms with Crippen molar-refractivity contribution in [3.63, 3.8) is 0 Å². The fourth-order valence-electron chi connectivity index (χ4n) is 4.39. The summed E-state index contributed by atoms with van der Waals surface area (Å²) in [4.78, 5) is 56.2. The van der Waals surface area contributed by atoms with Crippen LogP contribution < -0.4 is 21.7 Å². The van der Waals surface area contributed by atoms with Crippen molar-refractivity contribution < 1.29 is 38.9 Å². The van der Waals surface area contributed by atoms with Gasteiger partial charge in [0, 0.05) is 36.6 Å². The van der Waals surface area contributed by atoms with E-state index >= 15 is 0 Å². The molecule has 0 saturated heterocycles. The fourth-order valence-corrected chi connectivity index (χ4v) is 4.44. The van der Waals surface area contributed by atoms with E-state index in [1.165, 1.54) is 20.8 Å². The van der Waals surface area contributed by atoms with Crippen molar-refractivity contribution in [1.82, 2.24) is 0 Å². The van der Waals surface area contributed by atoms with Crippen LogP contribution in [0.5, 0.6) is 0 Å². The number of alkyl halides is 2. The van der Waals surface area contributed by atoms with Crippen LogP contribution in [0.15, 0.2) is 109 Å². The molecule has 0 aliphatic heterocycles. The molecule has 12 nitrogen and oxygen atoms in total. The Morgan fingerprint density at radius 2 is 1.05 bits per heavy atom. The number of anilines is 4. The summed E-state index contributed by atoms with van der Waals surface area (Å²) in [5, 5.41) is 8.32. The van der Waals surface area contributed by atoms with Crippen LogP contribution >= 0.6 is 34.8 Å². The maximum absolute atomic E-state index is 12.7. The lowest BCUT2D eigenvalue weighted by Crippen LogP contribution is -2.21. The van der Waals surface area contributed by atoms with Crippen molar-refractivity contribution >= 4 is 86.5 Å². The highest BCUT2D eigenvalue weighted by Gasteiger charge is 2.18. The number of aryl methyl sites for hydroxylation is 2. The summed E-state index contributed by atoms with van der Waals surface area (Å²) in [7, 11) is 0. The molecule has 2 amide bonds. The van der Waals surface area contributed by atoms with Crippen molar-refractivity contribution in [2.24, 2.45) is 0 Å². The zero-order valence-corrected chi connectivity index (χ0v) is 33.6. The number of para-hydroxylation sites is 2. The number of amides is 2. The Bertz CT molecular complexity index is 1840. The first-order valence-electron chi connectivity index (χ1n) is 16.3. The normalized spacial score (nSPS) is 10.6. The molecular formula is C40H47Cl3N4O8. The lowest BCUT2D eigenvalue weighted by Gasteiger charge is -2.19. The number of nitrogens with two attached hydrogens (primary N) is 1. The maximum atomic E-state index is 12.7. The van der Waals surface area contributed by atoms with Gasteiger partial charge in [0.05, 0.1) is 22.2 Å². The number of rotatable bonds is 10. The van der Waals surface area contributed by atoms with Crippen molar-refractivity contribution in [2.45, 2.75) is 53.8 Å². The first-order chi connectivity index (χ1) is 25.5. The Balaban J connectivity index is 0.000000838. The molecule has 55 heavy (non-hydrogen) atoms. The zero-order valence-electron chi connectivity index (χ0n) is 31.4. The largest absolute Gasteiger partial charge is 0.456 e. The third-order valence-corrected chi connectivity index (χ3v) is 7.19. The molecule has 0 aliphatic rings. The molecule has 4 aromatic carbocycles. The summed E-state index contributed by atoms with van der Waals surface area (Å²) in [5.41, 5.74) is 11.7. The predicted molar refractivity (Wildman–Crippen MR) is 222 cm³/mol. The molecule has 0 radical (unpaired) electrons. The van der Waals surface area contributed by atoms with E-state index in [1.54, 1.807) is 19.1 Å². The molecule has 0 saturated carbocycles. The van der Waals surface area contributed by atoms with Gasteiger partial charge in [0.2, 0.25) is 0 Å². The number of halogens is 3. The van der Waals surface area contributed by atoms with E-state index in [-0.39, 0.29) is 28.6 Å². The molecule has 0 spiro atoms. The second-order valence-electron chi connectivity index (χ2n) is 11.2. The van der Waals surface area contributed by atoms with Gasteiger partial charge >= 0.3 is 11.9 Å². The Morgan fingerprint density at radius 3 is 1.45 bits per heavy atom. The minimum absolute atomic E-state index is 0.